The minimum absolute atomic E-state index is 0.140. The molecule has 0 saturated heterocycles. The number of aromatic nitrogens is 1. The smallest absolute Gasteiger partial charge is 0.341 e. The number of nitriles is 1. The Hall–Kier alpha value is -2.52. The SMILES string of the molecule is CSc1ncccc1C(=O)OCCOc1ccc(C#N)cc1. The van der Waals surface area contributed by atoms with Crippen LogP contribution in [-0.2, 0) is 4.74 Å². The molecule has 0 amide bonds. The average Bonchev–Trinajstić information content (AvgIpc) is 2.59. The molecule has 0 aliphatic heterocycles. The Balaban J connectivity index is 1.81. The predicted molar refractivity (Wildman–Crippen MR) is 83.0 cm³/mol. The van der Waals surface area contributed by atoms with Gasteiger partial charge in [-0.05, 0) is 42.7 Å². The molecule has 0 aliphatic carbocycles. The molecule has 0 saturated carbocycles. The van der Waals surface area contributed by atoms with Crippen molar-refractivity contribution in [1.82, 2.24) is 4.98 Å². The van der Waals surface area contributed by atoms with E-state index in [2.05, 4.69) is 4.98 Å². The second-order valence-electron chi connectivity index (χ2n) is 4.18. The number of carbonyl (C=O) groups excluding carboxylic acids is 1. The molecular formula is C16H14N2O3S. The van der Waals surface area contributed by atoms with E-state index in [1.165, 1.54) is 11.8 Å². The number of hydrogen-bond acceptors (Lipinski definition) is 6. The maximum absolute atomic E-state index is 12.0. The Morgan fingerprint density at radius 3 is 2.73 bits per heavy atom. The monoisotopic (exact) mass is 314 g/mol. The average molecular weight is 314 g/mol. The molecule has 0 N–H and O–H groups in total. The molecule has 0 unspecified atom stereocenters. The number of pyridine rings is 1. The highest BCUT2D eigenvalue weighted by atomic mass is 32.2. The predicted octanol–water partition coefficient (Wildman–Crippen LogP) is 2.91. The van der Waals surface area contributed by atoms with Crippen molar-refractivity contribution in [1.29, 1.82) is 5.26 Å². The van der Waals surface area contributed by atoms with E-state index in [1.807, 2.05) is 12.3 Å². The van der Waals surface area contributed by atoms with Crippen LogP contribution in [0.2, 0.25) is 0 Å². The van der Waals surface area contributed by atoms with Crippen molar-refractivity contribution in [2.24, 2.45) is 0 Å². The molecule has 2 aromatic rings. The van der Waals surface area contributed by atoms with Crippen molar-refractivity contribution < 1.29 is 14.3 Å². The molecule has 1 aromatic heterocycles. The van der Waals surface area contributed by atoms with Gasteiger partial charge in [-0.25, -0.2) is 9.78 Å². The van der Waals surface area contributed by atoms with Crippen LogP contribution in [-0.4, -0.2) is 30.4 Å². The zero-order chi connectivity index (χ0) is 15.8. The standard InChI is InChI=1S/C16H14N2O3S/c1-22-15-14(3-2-8-18-15)16(19)21-10-9-20-13-6-4-12(11-17)5-7-13/h2-8H,9-10H2,1H3. The van der Waals surface area contributed by atoms with Gasteiger partial charge >= 0.3 is 5.97 Å². The van der Waals surface area contributed by atoms with Gasteiger partial charge < -0.3 is 9.47 Å². The minimum atomic E-state index is -0.416. The normalized spacial score (nSPS) is 9.82. The van der Waals surface area contributed by atoms with Crippen LogP contribution in [0, 0.1) is 11.3 Å². The van der Waals surface area contributed by atoms with Crippen LogP contribution < -0.4 is 4.74 Å². The van der Waals surface area contributed by atoms with Crippen molar-refractivity contribution in [3.8, 4) is 11.8 Å². The molecule has 0 atom stereocenters. The Kier molecular flexibility index (Phi) is 5.81. The lowest BCUT2D eigenvalue weighted by molar-refractivity contribution is 0.0445. The molecule has 22 heavy (non-hydrogen) atoms. The van der Waals surface area contributed by atoms with Crippen molar-refractivity contribution in [2.75, 3.05) is 19.5 Å². The first-order valence-corrected chi connectivity index (χ1v) is 7.76. The highest BCUT2D eigenvalue weighted by molar-refractivity contribution is 7.98. The van der Waals surface area contributed by atoms with Crippen molar-refractivity contribution in [2.45, 2.75) is 5.03 Å². The second-order valence-corrected chi connectivity index (χ2v) is 4.98. The lowest BCUT2D eigenvalue weighted by Crippen LogP contribution is -2.13. The molecule has 1 heterocycles. The van der Waals surface area contributed by atoms with Crippen LogP contribution in [0.25, 0.3) is 0 Å². The number of thioether (sulfide) groups is 1. The molecule has 6 heteroatoms. The number of benzene rings is 1. The van der Waals surface area contributed by atoms with E-state index in [1.54, 1.807) is 42.6 Å². The van der Waals surface area contributed by atoms with Crippen molar-refractivity contribution in [3.63, 3.8) is 0 Å². The molecule has 0 fully saturated rings. The van der Waals surface area contributed by atoms with E-state index in [0.717, 1.165) is 0 Å². The van der Waals surface area contributed by atoms with Crippen LogP contribution in [0.5, 0.6) is 5.75 Å². The van der Waals surface area contributed by atoms with E-state index in [-0.39, 0.29) is 13.2 Å². The Morgan fingerprint density at radius 2 is 2.05 bits per heavy atom. The molecular weight excluding hydrogens is 300 g/mol. The van der Waals surface area contributed by atoms with Crippen molar-refractivity contribution in [3.05, 3.63) is 53.7 Å². The number of esters is 1. The van der Waals surface area contributed by atoms with E-state index < -0.39 is 5.97 Å². The van der Waals surface area contributed by atoms with Gasteiger partial charge in [-0.3, -0.25) is 0 Å². The highest BCUT2D eigenvalue weighted by Gasteiger charge is 2.12. The van der Waals surface area contributed by atoms with Crippen molar-refractivity contribution >= 4 is 17.7 Å². The topological polar surface area (TPSA) is 72.2 Å². The summed E-state index contributed by atoms with van der Waals surface area (Å²) in [5, 5.41) is 9.34. The summed E-state index contributed by atoms with van der Waals surface area (Å²) in [5.41, 5.74) is 1.02. The summed E-state index contributed by atoms with van der Waals surface area (Å²) >= 11 is 1.39. The maximum atomic E-state index is 12.0. The lowest BCUT2D eigenvalue weighted by atomic mass is 10.2. The fourth-order valence-corrected chi connectivity index (χ4v) is 2.24. The summed E-state index contributed by atoms with van der Waals surface area (Å²) in [6.45, 7) is 0.383. The van der Waals surface area contributed by atoms with E-state index in [9.17, 15) is 4.79 Å². The number of ether oxygens (including phenoxy) is 2. The van der Waals surface area contributed by atoms with Gasteiger partial charge in [0.05, 0.1) is 17.2 Å². The lowest BCUT2D eigenvalue weighted by Gasteiger charge is -2.08. The van der Waals surface area contributed by atoms with E-state index in [4.69, 9.17) is 14.7 Å². The largest absolute Gasteiger partial charge is 0.490 e. The van der Waals surface area contributed by atoms with Gasteiger partial charge in [0, 0.05) is 6.20 Å². The second kappa shape index (κ2) is 8.05. The fraction of sp³-hybridized carbons (Fsp3) is 0.188. The van der Waals surface area contributed by atoms with Crippen LogP contribution >= 0.6 is 11.8 Å². The van der Waals surface area contributed by atoms with Crippen LogP contribution in [0.4, 0.5) is 0 Å². The molecule has 0 spiro atoms. The van der Waals surface area contributed by atoms with Crippen LogP contribution in [0.3, 0.4) is 0 Å². The van der Waals surface area contributed by atoms with Crippen LogP contribution in [0.1, 0.15) is 15.9 Å². The molecule has 5 nitrogen and oxygen atoms in total. The first kappa shape index (κ1) is 15.9. The van der Waals surface area contributed by atoms with Crippen LogP contribution in [0.15, 0.2) is 47.6 Å². The summed E-state index contributed by atoms with van der Waals surface area (Å²) in [6, 6.07) is 12.2. The van der Waals surface area contributed by atoms with E-state index >= 15 is 0 Å². The minimum Gasteiger partial charge on any atom is -0.490 e. The first-order chi connectivity index (χ1) is 10.7. The number of hydrogen-bond donors (Lipinski definition) is 0. The molecule has 0 aliphatic rings. The molecule has 0 bridgehead atoms. The quantitative estimate of drug-likeness (QED) is 0.464. The Bertz CT molecular complexity index is 681. The Labute approximate surface area is 132 Å². The summed E-state index contributed by atoms with van der Waals surface area (Å²) in [6.07, 6.45) is 3.49. The van der Waals surface area contributed by atoms with Gasteiger partial charge in [0.1, 0.15) is 24.0 Å². The summed E-state index contributed by atoms with van der Waals surface area (Å²) < 4.78 is 10.6. The third-order valence-electron chi connectivity index (χ3n) is 2.75. The van der Waals surface area contributed by atoms with Gasteiger partial charge in [0.2, 0.25) is 0 Å². The van der Waals surface area contributed by atoms with Gasteiger partial charge in [-0.2, -0.15) is 5.26 Å². The first-order valence-electron chi connectivity index (χ1n) is 6.53. The molecule has 0 radical (unpaired) electrons. The summed E-state index contributed by atoms with van der Waals surface area (Å²) in [7, 11) is 0. The molecule has 112 valence electrons. The fourth-order valence-electron chi connectivity index (χ4n) is 1.71. The zero-order valence-electron chi connectivity index (χ0n) is 12.0. The summed E-state index contributed by atoms with van der Waals surface area (Å²) in [4.78, 5) is 16.1. The maximum Gasteiger partial charge on any atom is 0.341 e. The van der Waals surface area contributed by atoms with Gasteiger partial charge in [0.25, 0.3) is 0 Å². The summed E-state index contributed by atoms with van der Waals surface area (Å²) in [5.74, 6) is 0.210. The van der Waals surface area contributed by atoms with Gasteiger partial charge in [-0.15, -0.1) is 11.8 Å². The third kappa shape index (κ3) is 4.24. The molecule has 2 rings (SSSR count). The van der Waals surface area contributed by atoms with Gasteiger partial charge in [-0.1, -0.05) is 0 Å². The Morgan fingerprint density at radius 1 is 1.27 bits per heavy atom. The zero-order valence-corrected chi connectivity index (χ0v) is 12.8. The number of carbonyl (C=O) groups is 1. The number of nitrogens with zero attached hydrogens (tertiary/aromatic N) is 2. The highest BCUT2D eigenvalue weighted by Crippen LogP contribution is 2.17. The number of rotatable bonds is 6. The third-order valence-corrected chi connectivity index (χ3v) is 3.47. The molecule has 1 aromatic carbocycles. The van der Waals surface area contributed by atoms with E-state index in [0.29, 0.717) is 21.9 Å². The van der Waals surface area contributed by atoms with Gasteiger partial charge in [0.15, 0.2) is 0 Å².